The number of fused-ring (bicyclic) bond motifs is 2. The van der Waals surface area contributed by atoms with Gasteiger partial charge in [0.1, 0.15) is 6.04 Å². The summed E-state index contributed by atoms with van der Waals surface area (Å²) in [5.74, 6) is -0.00268. The van der Waals surface area contributed by atoms with E-state index < -0.39 is 16.1 Å². The van der Waals surface area contributed by atoms with Gasteiger partial charge in [-0.05, 0) is 31.2 Å². The summed E-state index contributed by atoms with van der Waals surface area (Å²) in [4.78, 5) is 12.1. The van der Waals surface area contributed by atoms with E-state index in [-0.39, 0.29) is 23.1 Å². The second-order valence-corrected chi connectivity index (χ2v) is 9.31. The van der Waals surface area contributed by atoms with Crippen molar-refractivity contribution < 1.29 is 13.2 Å². The Bertz CT molecular complexity index is 726. The highest BCUT2D eigenvalue weighted by atomic mass is 32.2. The van der Waals surface area contributed by atoms with E-state index in [1.165, 1.54) is 4.31 Å². The minimum absolute atomic E-state index is 0.0630. The molecule has 6 heteroatoms. The highest BCUT2D eigenvalue weighted by Gasteiger charge is 2.51. The molecule has 2 heterocycles. The molecule has 2 atom stereocenters. The topological polar surface area (TPSA) is 66.5 Å². The summed E-state index contributed by atoms with van der Waals surface area (Å²) in [6, 6.07) is 9.49. The first-order valence-electron chi connectivity index (χ1n) is 8.86. The van der Waals surface area contributed by atoms with Gasteiger partial charge in [0.05, 0.1) is 5.75 Å². The summed E-state index contributed by atoms with van der Waals surface area (Å²) in [6.07, 6.45) is 5.38. The highest BCUT2D eigenvalue weighted by Crippen LogP contribution is 2.44. The summed E-state index contributed by atoms with van der Waals surface area (Å²) in [5.41, 5.74) is 0.827. The molecule has 1 aromatic carbocycles. The van der Waals surface area contributed by atoms with Crippen LogP contribution in [0.3, 0.4) is 0 Å². The molecule has 0 aromatic heterocycles. The van der Waals surface area contributed by atoms with Gasteiger partial charge in [0.2, 0.25) is 15.9 Å². The van der Waals surface area contributed by atoms with Crippen molar-refractivity contribution >= 4 is 15.9 Å². The van der Waals surface area contributed by atoms with Gasteiger partial charge >= 0.3 is 0 Å². The van der Waals surface area contributed by atoms with Crippen molar-refractivity contribution in [3.63, 3.8) is 0 Å². The molecular weight excluding hydrogens is 324 g/mol. The quantitative estimate of drug-likeness (QED) is 0.902. The Labute approximate surface area is 143 Å². The van der Waals surface area contributed by atoms with Gasteiger partial charge in [-0.2, -0.15) is 4.31 Å². The number of amides is 1. The van der Waals surface area contributed by atoms with Gasteiger partial charge in [-0.1, -0.05) is 43.2 Å². The highest BCUT2D eigenvalue weighted by molar-refractivity contribution is 7.89. The summed E-state index contributed by atoms with van der Waals surface area (Å²) in [5, 5.41) is 2.84. The maximum absolute atomic E-state index is 13.3. The minimum atomic E-state index is -3.47. The van der Waals surface area contributed by atoms with Crippen LogP contribution >= 0.6 is 0 Å². The molecule has 130 valence electrons. The van der Waals surface area contributed by atoms with E-state index in [9.17, 15) is 13.2 Å². The average molecular weight is 348 g/mol. The molecule has 2 saturated heterocycles. The summed E-state index contributed by atoms with van der Waals surface area (Å²) >= 11 is 0. The predicted molar refractivity (Wildman–Crippen MR) is 92.0 cm³/mol. The second-order valence-electron chi connectivity index (χ2n) is 7.43. The van der Waals surface area contributed by atoms with Gasteiger partial charge in [0.15, 0.2) is 0 Å². The third-order valence-corrected chi connectivity index (χ3v) is 8.09. The van der Waals surface area contributed by atoms with Crippen LogP contribution in [0.15, 0.2) is 30.3 Å². The number of piperazine rings is 1. The lowest BCUT2D eigenvalue weighted by atomic mass is 9.81. The molecular formula is C18H24N2O3S. The van der Waals surface area contributed by atoms with Crippen molar-refractivity contribution in [2.75, 3.05) is 12.3 Å². The van der Waals surface area contributed by atoms with Gasteiger partial charge in [0, 0.05) is 18.0 Å². The monoisotopic (exact) mass is 348 g/mol. The second kappa shape index (κ2) is 5.85. The van der Waals surface area contributed by atoms with E-state index in [0.29, 0.717) is 13.0 Å². The fourth-order valence-corrected chi connectivity index (χ4v) is 7.36. The fraction of sp³-hybridized carbons (Fsp3) is 0.611. The molecule has 3 fully saturated rings. The number of hydrogen-bond acceptors (Lipinski definition) is 3. The van der Waals surface area contributed by atoms with Crippen molar-refractivity contribution in [2.24, 2.45) is 0 Å². The first kappa shape index (κ1) is 16.1. The van der Waals surface area contributed by atoms with Crippen LogP contribution in [0, 0.1) is 0 Å². The van der Waals surface area contributed by atoms with E-state index in [0.717, 1.165) is 37.7 Å². The van der Waals surface area contributed by atoms with Crippen LogP contribution < -0.4 is 5.32 Å². The Morgan fingerprint density at radius 1 is 1.12 bits per heavy atom. The lowest BCUT2D eigenvalue weighted by molar-refractivity contribution is -0.126. The molecule has 1 saturated carbocycles. The number of benzene rings is 1. The molecule has 1 amide bonds. The largest absolute Gasteiger partial charge is 0.353 e. The fourth-order valence-electron chi connectivity index (χ4n) is 4.84. The van der Waals surface area contributed by atoms with Crippen LogP contribution in [0.1, 0.15) is 44.1 Å². The molecule has 1 aliphatic carbocycles. The lowest BCUT2D eigenvalue weighted by Gasteiger charge is -2.37. The third kappa shape index (κ3) is 2.56. The van der Waals surface area contributed by atoms with Gasteiger partial charge in [-0.3, -0.25) is 4.79 Å². The van der Waals surface area contributed by atoms with E-state index >= 15 is 0 Å². The number of sulfonamides is 1. The molecule has 0 radical (unpaired) electrons. The molecule has 1 N–H and O–H groups in total. The number of carbonyl (C=O) groups excluding carboxylic acids is 1. The Kier molecular flexibility index (Phi) is 3.92. The van der Waals surface area contributed by atoms with E-state index in [1.807, 2.05) is 18.2 Å². The van der Waals surface area contributed by atoms with Gasteiger partial charge < -0.3 is 5.32 Å². The van der Waals surface area contributed by atoms with Crippen molar-refractivity contribution in [3.05, 3.63) is 35.9 Å². The average Bonchev–Trinajstić information content (AvgIpc) is 3.17. The van der Waals surface area contributed by atoms with Gasteiger partial charge in [0.25, 0.3) is 0 Å². The Balaban J connectivity index is 1.66. The number of carbonyl (C=O) groups is 1. The Morgan fingerprint density at radius 2 is 1.83 bits per heavy atom. The van der Waals surface area contributed by atoms with E-state index in [2.05, 4.69) is 17.4 Å². The first-order valence-corrected chi connectivity index (χ1v) is 10.5. The molecule has 24 heavy (non-hydrogen) atoms. The first-order chi connectivity index (χ1) is 11.5. The van der Waals surface area contributed by atoms with Crippen molar-refractivity contribution in [3.8, 4) is 0 Å². The molecule has 2 aliphatic heterocycles. The lowest BCUT2D eigenvalue weighted by Crippen LogP contribution is -2.58. The van der Waals surface area contributed by atoms with Crippen LogP contribution in [0.25, 0.3) is 0 Å². The number of rotatable bonds is 4. The summed E-state index contributed by atoms with van der Waals surface area (Å²) in [6.45, 7) is 0.451. The molecule has 2 unspecified atom stereocenters. The zero-order valence-electron chi connectivity index (χ0n) is 13.8. The zero-order valence-corrected chi connectivity index (χ0v) is 14.6. The maximum atomic E-state index is 13.3. The smallest absolute Gasteiger partial charge is 0.238 e. The van der Waals surface area contributed by atoms with Crippen LogP contribution in [0.4, 0.5) is 0 Å². The third-order valence-electron chi connectivity index (χ3n) is 5.98. The number of nitrogens with one attached hydrogen (secondary N) is 1. The van der Waals surface area contributed by atoms with Crippen LogP contribution in [0.2, 0.25) is 0 Å². The minimum Gasteiger partial charge on any atom is -0.353 e. The molecule has 4 rings (SSSR count). The maximum Gasteiger partial charge on any atom is 0.238 e. The van der Waals surface area contributed by atoms with Gasteiger partial charge in [-0.15, -0.1) is 0 Å². The van der Waals surface area contributed by atoms with Gasteiger partial charge in [-0.25, -0.2) is 8.42 Å². The van der Waals surface area contributed by atoms with Crippen LogP contribution in [0.5, 0.6) is 0 Å². The SMILES string of the molecule is O=C1NCC2CCC1N2S(=O)(=O)CC1(c2ccccc2)CCCC1. The zero-order chi connectivity index (χ0) is 16.8. The predicted octanol–water partition coefficient (Wildman–Crippen LogP) is 1.79. The normalized spacial score (nSPS) is 29.6. The van der Waals surface area contributed by atoms with E-state index in [4.69, 9.17) is 0 Å². The van der Waals surface area contributed by atoms with Crippen LogP contribution in [-0.2, 0) is 20.2 Å². The summed E-state index contributed by atoms with van der Waals surface area (Å²) < 4.78 is 28.1. The van der Waals surface area contributed by atoms with E-state index in [1.54, 1.807) is 0 Å². The summed E-state index contributed by atoms with van der Waals surface area (Å²) in [7, 11) is -3.47. The van der Waals surface area contributed by atoms with Crippen molar-refractivity contribution in [1.82, 2.24) is 9.62 Å². The Hall–Kier alpha value is -1.40. The van der Waals surface area contributed by atoms with Crippen molar-refractivity contribution in [1.29, 1.82) is 0 Å². The standard InChI is InChI=1S/C18H24N2O3S/c21-17-16-9-8-15(12-19-17)20(16)24(22,23)13-18(10-4-5-11-18)14-6-2-1-3-7-14/h1-3,6-7,15-16H,4-5,8-13H2,(H,19,21). The Morgan fingerprint density at radius 3 is 2.54 bits per heavy atom. The molecule has 1 aromatic rings. The van der Waals surface area contributed by atoms with Crippen LogP contribution in [-0.4, -0.2) is 43.0 Å². The molecule has 5 nitrogen and oxygen atoms in total. The van der Waals surface area contributed by atoms with Crippen molar-refractivity contribution in [2.45, 2.75) is 56.0 Å². The molecule has 3 aliphatic rings. The molecule has 0 spiro atoms. The number of nitrogens with zero attached hydrogens (tertiary/aromatic N) is 1. The molecule has 2 bridgehead atoms. The number of hydrogen-bond donors (Lipinski definition) is 1.